The molecule has 1 aliphatic rings. The summed E-state index contributed by atoms with van der Waals surface area (Å²) in [5, 5.41) is 11.8. The Morgan fingerprint density at radius 1 is 1.53 bits per heavy atom. The van der Waals surface area contributed by atoms with Crippen molar-refractivity contribution in [3.8, 4) is 5.75 Å². The van der Waals surface area contributed by atoms with Crippen molar-refractivity contribution in [2.45, 2.75) is 32.4 Å². The van der Waals surface area contributed by atoms with E-state index in [1.54, 1.807) is 13.2 Å². The molecule has 0 bridgehead atoms. The van der Waals surface area contributed by atoms with Crippen molar-refractivity contribution >= 4 is 5.84 Å². The van der Waals surface area contributed by atoms with Crippen LogP contribution < -0.4 is 10.5 Å². The van der Waals surface area contributed by atoms with Crippen LogP contribution in [0.15, 0.2) is 23.4 Å². The minimum atomic E-state index is 0.123. The maximum atomic E-state index is 8.75. The van der Waals surface area contributed by atoms with Crippen LogP contribution in [0.3, 0.4) is 0 Å². The number of nitrogens with zero attached hydrogens (tertiary/aromatic N) is 2. The SMILES string of the molecule is CCN(Cc1cc(/C(N)=N/O)ccc1OC)C1CC1. The van der Waals surface area contributed by atoms with Crippen LogP contribution in [-0.4, -0.2) is 35.6 Å². The van der Waals surface area contributed by atoms with Gasteiger partial charge in [-0.3, -0.25) is 4.90 Å². The Labute approximate surface area is 113 Å². The number of nitrogens with two attached hydrogens (primary N) is 1. The molecule has 3 N–H and O–H groups in total. The zero-order chi connectivity index (χ0) is 13.8. The second-order valence-electron chi connectivity index (χ2n) is 4.81. The lowest BCUT2D eigenvalue weighted by atomic mass is 10.1. The van der Waals surface area contributed by atoms with Gasteiger partial charge in [0.15, 0.2) is 5.84 Å². The standard InChI is InChI=1S/C14H21N3O2/c1-3-17(12-5-6-12)9-11-8-10(14(15)16-18)4-7-13(11)19-2/h4,7-8,12,18H,3,5-6,9H2,1-2H3,(H2,15,16). The van der Waals surface area contributed by atoms with Crippen molar-refractivity contribution in [3.63, 3.8) is 0 Å². The van der Waals surface area contributed by atoms with Crippen molar-refractivity contribution in [1.82, 2.24) is 4.90 Å². The second kappa shape index (κ2) is 5.93. The molecule has 19 heavy (non-hydrogen) atoms. The molecule has 1 aliphatic carbocycles. The van der Waals surface area contributed by atoms with Crippen LogP contribution in [0.1, 0.15) is 30.9 Å². The first-order valence-electron chi connectivity index (χ1n) is 6.58. The van der Waals surface area contributed by atoms with E-state index in [0.29, 0.717) is 11.6 Å². The van der Waals surface area contributed by atoms with E-state index in [4.69, 9.17) is 15.7 Å². The molecule has 1 aromatic rings. The molecule has 0 unspecified atom stereocenters. The monoisotopic (exact) mass is 263 g/mol. The summed E-state index contributed by atoms with van der Waals surface area (Å²) in [5.41, 5.74) is 7.42. The highest BCUT2D eigenvalue weighted by atomic mass is 16.5. The highest BCUT2D eigenvalue weighted by molar-refractivity contribution is 5.97. The Hall–Kier alpha value is -1.75. The van der Waals surface area contributed by atoms with Crippen molar-refractivity contribution in [2.24, 2.45) is 10.9 Å². The number of benzene rings is 1. The average Bonchev–Trinajstić information content (AvgIpc) is 3.28. The number of ether oxygens (including phenoxy) is 1. The molecule has 0 amide bonds. The number of oxime groups is 1. The van der Waals surface area contributed by atoms with E-state index in [-0.39, 0.29) is 5.84 Å². The van der Waals surface area contributed by atoms with Gasteiger partial charge in [-0.2, -0.15) is 0 Å². The Kier molecular flexibility index (Phi) is 4.27. The molecule has 0 radical (unpaired) electrons. The molecule has 1 aromatic carbocycles. The van der Waals surface area contributed by atoms with E-state index in [0.717, 1.165) is 24.4 Å². The number of hydrogen-bond acceptors (Lipinski definition) is 4. The molecule has 0 aromatic heterocycles. The summed E-state index contributed by atoms with van der Waals surface area (Å²) in [6.45, 7) is 4.01. The lowest BCUT2D eigenvalue weighted by Crippen LogP contribution is -2.25. The normalized spacial score (nSPS) is 15.8. The predicted octanol–water partition coefficient (Wildman–Crippen LogP) is 1.77. The Balaban J connectivity index is 2.24. The minimum Gasteiger partial charge on any atom is -0.496 e. The molecule has 5 heteroatoms. The summed E-state index contributed by atoms with van der Waals surface area (Å²) in [7, 11) is 1.66. The van der Waals surface area contributed by atoms with Gasteiger partial charge >= 0.3 is 0 Å². The highest BCUT2D eigenvalue weighted by Crippen LogP contribution is 2.30. The fraction of sp³-hybridized carbons (Fsp3) is 0.500. The van der Waals surface area contributed by atoms with E-state index in [2.05, 4.69) is 17.0 Å². The molecule has 1 saturated carbocycles. The number of amidine groups is 1. The smallest absolute Gasteiger partial charge is 0.170 e. The Morgan fingerprint density at radius 3 is 2.79 bits per heavy atom. The van der Waals surface area contributed by atoms with Crippen LogP contribution in [-0.2, 0) is 6.54 Å². The van der Waals surface area contributed by atoms with Crippen molar-refractivity contribution in [1.29, 1.82) is 0 Å². The van der Waals surface area contributed by atoms with Gasteiger partial charge in [0.2, 0.25) is 0 Å². The van der Waals surface area contributed by atoms with Gasteiger partial charge in [-0.05, 0) is 37.6 Å². The molecule has 5 nitrogen and oxygen atoms in total. The van der Waals surface area contributed by atoms with E-state index in [1.807, 2.05) is 12.1 Å². The maximum absolute atomic E-state index is 8.75. The van der Waals surface area contributed by atoms with Gasteiger partial charge in [-0.1, -0.05) is 12.1 Å². The molecular weight excluding hydrogens is 242 g/mol. The largest absolute Gasteiger partial charge is 0.496 e. The molecule has 104 valence electrons. The summed E-state index contributed by atoms with van der Waals surface area (Å²) in [6, 6.07) is 6.29. The van der Waals surface area contributed by atoms with E-state index in [9.17, 15) is 0 Å². The summed E-state index contributed by atoms with van der Waals surface area (Å²) in [6.07, 6.45) is 2.55. The summed E-state index contributed by atoms with van der Waals surface area (Å²) >= 11 is 0. The molecule has 0 aliphatic heterocycles. The summed E-state index contributed by atoms with van der Waals surface area (Å²) < 4.78 is 5.39. The lowest BCUT2D eigenvalue weighted by Gasteiger charge is -2.21. The van der Waals surface area contributed by atoms with Gasteiger partial charge in [0.05, 0.1) is 7.11 Å². The maximum Gasteiger partial charge on any atom is 0.170 e. The molecule has 0 atom stereocenters. The second-order valence-corrected chi connectivity index (χ2v) is 4.81. The Morgan fingerprint density at radius 2 is 2.26 bits per heavy atom. The first-order valence-corrected chi connectivity index (χ1v) is 6.58. The fourth-order valence-electron chi connectivity index (χ4n) is 2.28. The fourth-order valence-corrected chi connectivity index (χ4v) is 2.28. The van der Waals surface area contributed by atoms with Crippen LogP contribution >= 0.6 is 0 Å². The topological polar surface area (TPSA) is 71.1 Å². The van der Waals surface area contributed by atoms with Gasteiger partial charge in [0.25, 0.3) is 0 Å². The number of methoxy groups -OCH3 is 1. The highest BCUT2D eigenvalue weighted by Gasteiger charge is 2.28. The average molecular weight is 263 g/mol. The van der Waals surface area contributed by atoms with Gasteiger partial charge in [0.1, 0.15) is 5.75 Å². The van der Waals surface area contributed by atoms with Gasteiger partial charge in [0, 0.05) is 23.7 Å². The molecule has 0 spiro atoms. The van der Waals surface area contributed by atoms with Crippen molar-refractivity contribution in [2.75, 3.05) is 13.7 Å². The van der Waals surface area contributed by atoms with Crippen molar-refractivity contribution < 1.29 is 9.94 Å². The zero-order valence-corrected chi connectivity index (χ0v) is 11.5. The third-order valence-electron chi connectivity index (χ3n) is 3.53. The molecule has 0 heterocycles. The number of hydrogen-bond donors (Lipinski definition) is 2. The van der Waals surface area contributed by atoms with Crippen LogP contribution in [0.25, 0.3) is 0 Å². The molecule has 2 rings (SSSR count). The zero-order valence-electron chi connectivity index (χ0n) is 11.5. The number of rotatable bonds is 6. The van der Waals surface area contributed by atoms with Crippen LogP contribution in [0, 0.1) is 0 Å². The van der Waals surface area contributed by atoms with Gasteiger partial charge in [-0.25, -0.2) is 0 Å². The Bertz CT molecular complexity index is 470. The first-order chi connectivity index (χ1) is 9.19. The van der Waals surface area contributed by atoms with Crippen LogP contribution in [0.5, 0.6) is 5.75 Å². The quantitative estimate of drug-likeness (QED) is 0.355. The van der Waals surface area contributed by atoms with Gasteiger partial charge < -0.3 is 15.7 Å². The van der Waals surface area contributed by atoms with E-state index in [1.165, 1.54) is 12.8 Å². The third kappa shape index (κ3) is 3.17. The third-order valence-corrected chi connectivity index (χ3v) is 3.53. The van der Waals surface area contributed by atoms with Crippen LogP contribution in [0.4, 0.5) is 0 Å². The predicted molar refractivity (Wildman–Crippen MR) is 74.6 cm³/mol. The van der Waals surface area contributed by atoms with E-state index < -0.39 is 0 Å². The molecule has 0 saturated heterocycles. The molecule has 1 fully saturated rings. The van der Waals surface area contributed by atoms with E-state index >= 15 is 0 Å². The molecular formula is C14H21N3O2. The van der Waals surface area contributed by atoms with Gasteiger partial charge in [-0.15, -0.1) is 0 Å². The summed E-state index contributed by atoms with van der Waals surface area (Å²) in [5.74, 6) is 0.965. The minimum absolute atomic E-state index is 0.123. The lowest BCUT2D eigenvalue weighted by molar-refractivity contribution is 0.264. The van der Waals surface area contributed by atoms with Crippen molar-refractivity contribution in [3.05, 3.63) is 29.3 Å². The summed E-state index contributed by atoms with van der Waals surface area (Å²) in [4.78, 5) is 2.42. The van der Waals surface area contributed by atoms with Crippen LogP contribution in [0.2, 0.25) is 0 Å². The first kappa shape index (κ1) is 13.7.